The van der Waals surface area contributed by atoms with Crippen molar-refractivity contribution in [1.29, 1.82) is 0 Å². The second-order valence-corrected chi connectivity index (χ2v) is 3.73. The van der Waals surface area contributed by atoms with Gasteiger partial charge in [0.2, 0.25) is 5.95 Å². The van der Waals surface area contributed by atoms with Crippen LogP contribution in [0.5, 0.6) is 0 Å². The molecular formula is C10H12N6O2. The Morgan fingerprint density at radius 3 is 2.89 bits per heavy atom. The zero-order chi connectivity index (χ0) is 13.1. The first-order valence-electron chi connectivity index (χ1n) is 5.22. The van der Waals surface area contributed by atoms with E-state index in [0.29, 0.717) is 18.1 Å². The molecule has 2 N–H and O–H groups in total. The number of aryl methyl sites for hydroxylation is 2. The molecule has 0 spiro atoms. The molecule has 0 radical (unpaired) electrons. The van der Waals surface area contributed by atoms with E-state index in [9.17, 15) is 4.79 Å². The highest BCUT2D eigenvalue weighted by Crippen LogP contribution is 2.06. The molecule has 0 saturated carbocycles. The molecule has 0 aliphatic rings. The number of aromatic nitrogens is 5. The first-order chi connectivity index (χ1) is 8.56. The summed E-state index contributed by atoms with van der Waals surface area (Å²) >= 11 is 0. The van der Waals surface area contributed by atoms with Gasteiger partial charge >= 0.3 is 5.97 Å². The lowest BCUT2D eigenvalue weighted by atomic mass is 10.3. The van der Waals surface area contributed by atoms with Crippen molar-refractivity contribution in [3.8, 4) is 0 Å². The van der Waals surface area contributed by atoms with E-state index in [1.807, 2.05) is 7.05 Å². The van der Waals surface area contributed by atoms with Crippen molar-refractivity contribution in [1.82, 2.24) is 24.7 Å². The van der Waals surface area contributed by atoms with Crippen LogP contribution < -0.4 is 5.32 Å². The molecular weight excluding hydrogens is 236 g/mol. The predicted molar refractivity (Wildman–Crippen MR) is 62.1 cm³/mol. The Balaban J connectivity index is 2.14. The number of carbonyl (C=O) groups is 1. The molecule has 0 aromatic carbocycles. The van der Waals surface area contributed by atoms with E-state index in [0.717, 1.165) is 0 Å². The van der Waals surface area contributed by atoms with Gasteiger partial charge < -0.3 is 15.0 Å². The first kappa shape index (κ1) is 12.0. The number of anilines is 1. The van der Waals surface area contributed by atoms with Crippen LogP contribution in [-0.2, 0) is 13.6 Å². The Kier molecular flexibility index (Phi) is 3.18. The molecule has 0 saturated heterocycles. The third-order valence-electron chi connectivity index (χ3n) is 2.28. The maximum Gasteiger partial charge on any atom is 0.354 e. The molecule has 94 valence electrons. The van der Waals surface area contributed by atoms with E-state index in [1.54, 1.807) is 17.8 Å². The SMILES string of the molecule is Cc1cc(C(=O)O)nc(NCc2nncn2C)n1. The van der Waals surface area contributed by atoms with Gasteiger partial charge in [-0.1, -0.05) is 0 Å². The number of hydrogen-bond acceptors (Lipinski definition) is 6. The van der Waals surface area contributed by atoms with Crippen LogP contribution in [0, 0.1) is 6.92 Å². The van der Waals surface area contributed by atoms with Crippen LogP contribution in [0.2, 0.25) is 0 Å². The molecule has 18 heavy (non-hydrogen) atoms. The van der Waals surface area contributed by atoms with Gasteiger partial charge in [-0.3, -0.25) is 0 Å². The second-order valence-electron chi connectivity index (χ2n) is 3.73. The summed E-state index contributed by atoms with van der Waals surface area (Å²) in [5, 5.41) is 19.4. The number of carboxylic acid groups (broad SMARTS) is 1. The number of nitrogens with zero attached hydrogens (tertiary/aromatic N) is 5. The van der Waals surface area contributed by atoms with Crippen molar-refractivity contribution in [3.63, 3.8) is 0 Å². The minimum atomic E-state index is -1.08. The van der Waals surface area contributed by atoms with E-state index in [-0.39, 0.29) is 11.6 Å². The van der Waals surface area contributed by atoms with Crippen LogP contribution in [0.25, 0.3) is 0 Å². The summed E-state index contributed by atoms with van der Waals surface area (Å²) in [5.74, 6) is -0.116. The molecule has 2 aromatic heterocycles. The van der Waals surface area contributed by atoms with Crippen molar-refractivity contribution in [2.45, 2.75) is 13.5 Å². The third kappa shape index (κ3) is 2.59. The van der Waals surface area contributed by atoms with E-state index in [1.165, 1.54) is 6.07 Å². The van der Waals surface area contributed by atoms with Crippen molar-refractivity contribution >= 4 is 11.9 Å². The van der Waals surface area contributed by atoms with Crippen molar-refractivity contribution in [2.75, 3.05) is 5.32 Å². The minimum absolute atomic E-state index is 0.0389. The van der Waals surface area contributed by atoms with Crippen LogP contribution in [0.4, 0.5) is 5.95 Å². The van der Waals surface area contributed by atoms with Crippen LogP contribution >= 0.6 is 0 Å². The lowest BCUT2D eigenvalue weighted by molar-refractivity contribution is 0.0690. The molecule has 8 nitrogen and oxygen atoms in total. The molecule has 0 unspecified atom stereocenters. The van der Waals surface area contributed by atoms with Crippen LogP contribution in [-0.4, -0.2) is 35.8 Å². The molecule has 0 amide bonds. The van der Waals surface area contributed by atoms with Gasteiger partial charge in [0, 0.05) is 12.7 Å². The normalized spacial score (nSPS) is 10.3. The average Bonchev–Trinajstić information content (AvgIpc) is 2.71. The molecule has 0 atom stereocenters. The Bertz CT molecular complexity index is 579. The number of hydrogen-bond donors (Lipinski definition) is 2. The zero-order valence-electron chi connectivity index (χ0n) is 9.95. The summed E-state index contributed by atoms with van der Waals surface area (Å²) in [7, 11) is 1.82. The van der Waals surface area contributed by atoms with Gasteiger partial charge in [0.1, 0.15) is 6.33 Å². The van der Waals surface area contributed by atoms with Crippen molar-refractivity contribution in [2.24, 2.45) is 7.05 Å². The van der Waals surface area contributed by atoms with Gasteiger partial charge in [0.25, 0.3) is 0 Å². The highest BCUT2D eigenvalue weighted by atomic mass is 16.4. The molecule has 8 heteroatoms. The van der Waals surface area contributed by atoms with Crippen LogP contribution in [0.15, 0.2) is 12.4 Å². The van der Waals surface area contributed by atoms with Gasteiger partial charge in [-0.25, -0.2) is 14.8 Å². The Hall–Kier alpha value is -2.51. The number of aromatic carboxylic acids is 1. The monoisotopic (exact) mass is 248 g/mol. The molecule has 0 fully saturated rings. The summed E-state index contributed by atoms with van der Waals surface area (Å²) in [6.45, 7) is 2.08. The van der Waals surface area contributed by atoms with Gasteiger partial charge in [0.15, 0.2) is 11.5 Å². The fourth-order valence-corrected chi connectivity index (χ4v) is 1.38. The molecule has 0 bridgehead atoms. The maximum atomic E-state index is 10.8. The fraction of sp³-hybridized carbons (Fsp3) is 0.300. The smallest absolute Gasteiger partial charge is 0.354 e. The Labute approximate surface area is 103 Å². The van der Waals surface area contributed by atoms with E-state index >= 15 is 0 Å². The lowest BCUT2D eigenvalue weighted by Gasteiger charge is -2.05. The van der Waals surface area contributed by atoms with Crippen molar-refractivity contribution in [3.05, 3.63) is 29.6 Å². The number of nitrogens with one attached hydrogen (secondary N) is 1. The summed E-state index contributed by atoms with van der Waals surface area (Å²) in [6, 6.07) is 1.41. The zero-order valence-corrected chi connectivity index (χ0v) is 9.95. The quantitative estimate of drug-likeness (QED) is 0.797. The second kappa shape index (κ2) is 4.78. The molecule has 2 heterocycles. The largest absolute Gasteiger partial charge is 0.477 e. The molecule has 2 rings (SSSR count). The minimum Gasteiger partial charge on any atom is -0.477 e. The average molecular weight is 248 g/mol. The van der Waals surface area contributed by atoms with Gasteiger partial charge in [0.05, 0.1) is 6.54 Å². The van der Waals surface area contributed by atoms with Gasteiger partial charge in [-0.05, 0) is 13.0 Å². The van der Waals surface area contributed by atoms with Gasteiger partial charge in [-0.15, -0.1) is 10.2 Å². The van der Waals surface area contributed by atoms with Crippen LogP contribution in [0.1, 0.15) is 22.0 Å². The predicted octanol–water partition coefficient (Wildman–Crippen LogP) is 0.224. The summed E-state index contributed by atoms with van der Waals surface area (Å²) < 4.78 is 1.75. The Morgan fingerprint density at radius 1 is 1.50 bits per heavy atom. The number of carboxylic acids is 1. The molecule has 0 aliphatic carbocycles. The Morgan fingerprint density at radius 2 is 2.28 bits per heavy atom. The summed E-state index contributed by atoms with van der Waals surface area (Å²) in [4.78, 5) is 18.8. The standard InChI is InChI=1S/C10H12N6O2/c1-6-3-7(9(17)18)14-10(13-6)11-4-8-15-12-5-16(8)2/h3,5H,4H2,1-2H3,(H,17,18)(H,11,13,14). The summed E-state index contributed by atoms with van der Waals surface area (Å²) in [5.41, 5.74) is 0.547. The summed E-state index contributed by atoms with van der Waals surface area (Å²) in [6.07, 6.45) is 1.58. The van der Waals surface area contributed by atoms with Gasteiger partial charge in [-0.2, -0.15) is 0 Å². The first-order valence-corrected chi connectivity index (χ1v) is 5.22. The van der Waals surface area contributed by atoms with Crippen LogP contribution in [0.3, 0.4) is 0 Å². The van der Waals surface area contributed by atoms with Crippen molar-refractivity contribution < 1.29 is 9.90 Å². The fourth-order valence-electron chi connectivity index (χ4n) is 1.38. The molecule has 2 aromatic rings. The number of rotatable bonds is 4. The van der Waals surface area contributed by atoms with E-state index in [2.05, 4.69) is 25.5 Å². The third-order valence-corrected chi connectivity index (χ3v) is 2.28. The van der Waals surface area contributed by atoms with E-state index in [4.69, 9.17) is 5.11 Å². The highest BCUT2D eigenvalue weighted by Gasteiger charge is 2.09. The topological polar surface area (TPSA) is 106 Å². The maximum absolute atomic E-state index is 10.8. The van der Waals surface area contributed by atoms with E-state index < -0.39 is 5.97 Å². The lowest BCUT2D eigenvalue weighted by Crippen LogP contribution is -2.11. The molecule has 0 aliphatic heterocycles. The highest BCUT2D eigenvalue weighted by molar-refractivity contribution is 5.85.